The molecule has 0 atom stereocenters. The van der Waals surface area contributed by atoms with Crippen molar-refractivity contribution in [2.24, 2.45) is 0 Å². The number of rotatable bonds is 9. The van der Waals surface area contributed by atoms with Crippen molar-refractivity contribution in [1.82, 2.24) is 10.0 Å². The van der Waals surface area contributed by atoms with Crippen LogP contribution in [-0.2, 0) is 21.3 Å². The Balaban J connectivity index is 2.63. The molecular weight excluding hydrogens is 326 g/mol. The molecule has 2 N–H and O–H groups in total. The van der Waals surface area contributed by atoms with Crippen LogP contribution in [0.15, 0.2) is 23.1 Å². The molecule has 120 valence electrons. The van der Waals surface area contributed by atoms with Crippen molar-refractivity contribution in [3.8, 4) is 0 Å². The monoisotopic (exact) mass is 342 g/mol. The van der Waals surface area contributed by atoms with Gasteiger partial charge in [-0.1, -0.05) is 11.6 Å². The molecule has 0 spiro atoms. The summed E-state index contributed by atoms with van der Waals surface area (Å²) in [5.41, 5.74) is 0.649. The number of benzene rings is 1. The van der Waals surface area contributed by atoms with Crippen LogP contribution in [0.5, 0.6) is 0 Å². The zero-order valence-corrected chi connectivity index (χ0v) is 13.0. The molecule has 0 radical (unpaired) electrons. The SMILES string of the molecule is CNCc1cc(S(=O)(=O)NCCOCC(F)F)ccc1Cl. The van der Waals surface area contributed by atoms with Gasteiger partial charge in [-0.3, -0.25) is 0 Å². The standard InChI is InChI=1S/C12H17ClF2N2O3S/c1-16-7-9-6-10(2-3-11(9)13)21(18,19)17-4-5-20-8-12(14)15/h2-3,6,12,16-17H,4-5,7-8H2,1H3. The van der Waals surface area contributed by atoms with Crippen LogP contribution >= 0.6 is 11.6 Å². The largest absolute Gasteiger partial charge is 0.374 e. The van der Waals surface area contributed by atoms with E-state index in [1.807, 2.05) is 0 Å². The average Bonchev–Trinajstić information content (AvgIpc) is 2.40. The van der Waals surface area contributed by atoms with Gasteiger partial charge < -0.3 is 10.1 Å². The van der Waals surface area contributed by atoms with Gasteiger partial charge in [0.2, 0.25) is 10.0 Å². The van der Waals surface area contributed by atoms with Gasteiger partial charge in [0.15, 0.2) is 0 Å². The Bertz CT molecular complexity index is 555. The van der Waals surface area contributed by atoms with Crippen molar-refractivity contribution in [2.75, 3.05) is 26.8 Å². The molecule has 0 aromatic heterocycles. The minimum absolute atomic E-state index is 0.0611. The first-order valence-corrected chi connectivity index (χ1v) is 8.01. The highest BCUT2D eigenvalue weighted by Gasteiger charge is 2.15. The van der Waals surface area contributed by atoms with Crippen molar-refractivity contribution in [1.29, 1.82) is 0 Å². The van der Waals surface area contributed by atoms with Gasteiger partial charge in [-0.05, 0) is 30.8 Å². The molecule has 9 heteroatoms. The molecule has 0 heterocycles. The molecule has 0 amide bonds. The molecule has 0 fully saturated rings. The van der Waals surface area contributed by atoms with E-state index in [4.69, 9.17) is 11.6 Å². The van der Waals surface area contributed by atoms with E-state index in [1.54, 1.807) is 7.05 Å². The van der Waals surface area contributed by atoms with Crippen LogP contribution in [0.25, 0.3) is 0 Å². The first kappa shape index (κ1) is 18.2. The zero-order chi connectivity index (χ0) is 15.9. The maximum absolute atomic E-state index is 12.0. The molecule has 0 bridgehead atoms. The zero-order valence-electron chi connectivity index (χ0n) is 11.4. The Hall–Kier alpha value is -0.800. The highest BCUT2D eigenvalue weighted by molar-refractivity contribution is 7.89. The molecule has 0 saturated carbocycles. The fourth-order valence-electron chi connectivity index (χ4n) is 1.55. The molecule has 0 saturated heterocycles. The smallest absolute Gasteiger partial charge is 0.261 e. The molecular formula is C12H17ClF2N2O3S. The number of halogens is 3. The molecule has 21 heavy (non-hydrogen) atoms. The Morgan fingerprint density at radius 2 is 2.10 bits per heavy atom. The van der Waals surface area contributed by atoms with Crippen LogP contribution < -0.4 is 10.0 Å². The molecule has 5 nitrogen and oxygen atoms in total. The second-order valence-electron chi connectivity index (χ2n) is 4.15. The van der Waals surface area contributed by atoms with Crippen molar-refractivity contribution in [3.05, 3.63) is 28.8 Å². The van der Waals surface area contributed by atoms with Gasteiger partial charge in [0, 0.05) is 18.1 Å². The fraction of sp³-hybridized carbons (Fsp3) is 0.500. The molecule has 1 aromatic rings. The minimum Gasteiger partial charge on any atom is -0.374 e. The molecule has 0 aliphatic heterocycles. The lowest BCUT2D eigenvalue weighted by atomic mass is 10.2. The number of hydrogen-bond donors (Lipinski definition) is 2. The van der Waals surface area contributed by atoms with Crippen LogP contribution in [0.1, 0.15) is 5.56 Å². The van der Waals surface area contributed by atoms with Gasteiger partial charge in [0.25, 0.3) is 6.43 Å². The lowest BCUT2D eigenvalue weighted by molar-refractivity contribution is 0.0199. The van der Waals surface area contributed by atoms with E-state index in [-0.39, 0.29) is 18.0 Å². The summed E-state index contributed by atoms with van der Waals surface area (Å²) in [6.07, 6.45) is -2.57. The Labute approximate surface area is 127 Å². The third kappa shape index (κ3) is 6.23. The molecule has 0 unspecified atom stereocenters. The lowest BCUT2D eigenvalue weighted by Crippen LogP contribution is -2.28. The number of ether oxygens (including phenoxy) is 1. The van der Waals surface area contributed by atoms with E-state index in [1.165, 1.54) is 18.2 Å². The predicted molar refractivity (Wildman–Crippen MR) is 76.2 cm³/mol. The van der Waals surface area contributed by atoms with Crippen LogP contribution in [0.3, 0.4) is 0 Å². The summed E-state index contributed by atoms with van der Waals surface area (Å²) in [5, 5.41) is 3.34. The van der Waals surface area contributed by atoms with E-state index < -0.39 is 23.1 Å². The number of nitrogens with one attached hydrogen (secondary N) is 2. The van der Waals surface area contributed by atoms with Gasteiger partial charge in [-0.15, -0.1) is 0 Å². The maximum atomic E-state index is 12.0. The Morgan fingerprint density at radius 3 is 2.71 bits per heavy atom. The summed E-state index contributed by atoms with van der Waals surface area (Å²) in [7, 11) is -2.00. The van der Waals surface area contributed by atoms with Crippen LogP contribution in [0, 0.1) is 0 Å². The van der Waals surface area contributed by atoms with Crippen molar-refractivity contribution >= 4 is 21.6 Å². The van der Waals surface area contributed by atoms with E-state index >= 15 is 0 Å². The second-order valence-corrected chi connectivity index (χ2v) is 6.32. The first-order chi connectivity index (χ1) is 9.86. The van der Waals surface area contributed by atoms with Crippen LogP contribution in [-0.4, -0.2) is 41.6 Å². The van der Waals surface area contributed by atoms with Gasteiger partial charge >= 0.3 is 0 Å². The summed E-state index contributed by atoms with van der Waals surface area (Å²) in [6.45, 7) is -0.492. The second kappa shape index (κ2) is 8.60. The quantitative estimate of drug-likeness (QED) is 0.669. The Morgan fingerprint density at radius 1 is 1.38 bits per heavy atom. The van der Waals surface area contributed by atoms with Gasteiger partial charge in [-0.2, -0.15) is 0 Å². The molecule has 1 aromatic carbocycles. The third-order valence-electron chi connectivity index (χ3n) is 2.48. The van der Waals surface area contributed by atoms with E-state index in [0.29, 0.717) is 17.1 Å². The van der Waals surface area contributed by atoms with Gasteiger partial charge in [-0.25, -0.2) is 21.9 Å². The number of hydrogen-bond acceptors (Lipinski definition) is 4. The van der Waals surface area contributed by atoms with E-state index in [2.05, 4.69) is 14.8 Å². The normalized spacial score (nSPS) is 12.0. The third-order valence-corrected chi connectivity index (χ3v) is 4.30. The van der Waals surface area contributed by atoms with Crippen LogP contribution in [0.2, 0.25) is 5.02 Å². The number of alkyl halides is 2. The minimum atomic E-state index is -3.72. The van der Waals surface area contributed by atoms with E-state index in [0.717, 1.165) is 0 Å². The van der Waals surface area contributed by atoms with Crippen molar-refractivity contribution in [3.63, 3.8) is 0 Å². The first-order valence-electron chi connectivity index (χ1n) is 6.15. The van der Waals surface area contributed by atoms with Crippen molar-refractivity contribution in [2.45, 2.75) is 17.9 Å². The fourth-order valence-corrected chi connectivity index (χ4v) is 2.80. The van der Waals surface area contributed by atoms with Crippen LogP contribution in [0.4, 0.5) is 8.78 Å². The summed E-state index contributed by atoms with van der Waals surface area (Å²) in [5.74, 6) is 0. The lowest BCUT2D eigenvalue weighted by Gasteiger charge is -2.10. The van der Waals surface area contributed by atoms with Crippen molar-refractivity contribution < 1.29 is 21.9 Å². The van der Waals surface area contributed by atoms with Gasteiger partial charge in [0.1, 0.15) is 6.61 Å². The molecule has 0 aliphatic carbocycles. The topological polar surface area (TPSA) is 67.4 Å². The van der Waals surface area contributed by atoms with Gasteiger partial charge in [0.05, 0.1) is 11.5 Å². The summed E-state index contributed by atoms with van der Waals surface area (Å²) in [4.78, 5) is 0.0611. The average molecular weight is 343 g/mol. The summed E-state index contributed by atoms with van der Waals surface area (Å²) < 4.78 is 54.6. The molecule has 1 rings (SSSR count). The predicted octanol–water partition coefficient (Wildman–Crippen LogP) is 1.62. The summed E-state index contributed by atoms with van der Waals surface area (Å²) >= 11 is 5.95. The summed E-state index contributed by atoms with van der Waals surface area (Å²) in [6, 6.07) is 4.33. The number of sulfonamides is 1. The highest BCUT2D eigenvalue weighted by atomic mass is 35.5. The Kier molecular flexibility index (Phi) is 7.47. The highest BCUT2D eigenvalue weighted by Crippen LogP contribution is 2.20. The molecule has 0 aliphatic rings. The van der Waals surface area contributed by atoms with E-state index in [9.17, 15) is 17.2 Å². The maximum Gasteiger partial charge on any atom is 0.261 e.